The number of hydrogen-bond acceptors (Lipinski definition) is 5. The Bertz CT molecular complexity index is 915. The Morgan fingerprint density at radius 3 is 2.72 bits per heavy atom. The monoisotopic (exact) mass is 336 g/mol. The zero-order valence-corrected chi connectivity index (χ0v) is 15.3. The third-order valence-electron chi connectivity index (χ3n) is 5.14. The molecule has 6 heteroatoms. The van der Waals surface area contributed by atoms with Gasteiger partial charge in [0.25, 0.3) is 5.78 Å². The molecule has 1 fully saturated rings. The molecule has 0 unspecified atom stereocenters. The molecule has 0 radical (unpaired) electrons. The predicted octanol–water partition coefficient (Wildman–Crippen LogP) is 2.76. The minimum absolute atomic E-state index is 0.419. The maximum atomic E-state index is 4.53. The van der Waals surface area contributed by atoms with Crippen molar-refractivity contribution in [2.45, 2.75) is 33.7 Å². The molecule has 0 bridgehead atoms. The van der Waals surface area contributed by atoms with Gasteiger partial charge in [0.1, 0.15) is 12.1 Å². The molecule has 3 heterocycles. The number of hydrogen-bond donors (Lipinski definition) is 0. The van der Waals surface area contributed by atoms with Crippen molar-refractivity contribution in [1.82, 2.24) is 19.6 Å². The van der Waals surface area contributed by atoms with Crippen LogP contribution in [0.15, 0.2) is 30.6 Å². The van der Waals surface area contributed by atoms with Gasteiger partial charge in [0.05, 0.1) is 0 Å². The summed E-state index contributed by atoms with van der Waals surface area (Å²) in [6, 6.07) is 9.18. The smallest absolute Gasteiger partial charge is 0.254 e. The molecule has 25 heavy (non-hydrogen) atoms. The maximum absolute atomic E-state index is 4.53. The fraction of sp³-hybridized carbons (Fsp3) is 0.421. The summed E-state index contributed by atoms with van der Waals surface area (Å²) in [6.45, 7) is 11.5. The van der Waals surface area contributed by atoms with Crippen LogP contribution in [0.2, 0.25) is 0 Å². The quantitative estimate of drug-likeness (QED) is 0.720. The van der Waals surface area contributed by atoms with E-state index in [-0.39, 0.29) is 0 Å². The van der Waals surface area contributed by atoms with Crippen LogP contribution < -0.4 is 9.80 Å². The highest BCUT2D eigenvalue weighted by molar-refractivity contribution is 5.57. The Hall–Kier alpha value is -2.63. The summed E-state index contributed by atoms with van der Waals surface area (Å²) >= 11 is 0. The second-order valence-electron chi connectivity index (χ2n) is 6.95. The molecule has 0 aliphatic carbocycles. The van der Waals surface area contributed by atoms with Crippen molar-refractivity contribution < 1.29 is 0 Å². The first kappa shape index (κ1) is 15.9. The van der Waals surface area contributed by atoms with Crippen molar-refractivity contribution in [1.29, 1.82) is 0 Å². The summed E-state index contributed by atoms with van der Waals surface area (Å²) in [6.07, 6.45) is 1.58. The van der Waals surface area contributed by atoms with E-state index in [1.165, 1.54) is 16.8 Å². The zero-order valence-electron chi connectivity index (χ0n) is 15.3. The molecule has 1 aliphatic heterocycles. The number of piperazine rings is 1. The molecular weight excluding hydrogens is 312 g/mol. The molecule has 4 rings (SSSR count). The molecule has 130 valence electrons. The summed E-state index contributed by atoms with van der Waals surface area (Å²) in [4.78, 5) is 13.7. The number of aromatic nitrogens is 4. The predicted molar refractivity (Wildman–Crippen MR) is 100 cm³/mol. The van der Waals surface area contributed by atoms with Gasteiger partial charge in [0, 0.05) is 42.6 Å². The Balaban J connectivity index is 1.65. The summed E-state index contributed by atoms with van der Waals surface area (Å²) in [5.74, 6) is 1.79. The third-order valence-corrected chi connectivity index (χ3v) is 5.14. The van der Waals surface area contributed by atoms with Gasteiger partial charge in [-0.2, -0.15) is 14.6 Å². The number of nitrogens with zero attached hydrogens (tertiary/aromatic N) is 6. The first-order chi connectivity index (χ1) is 12.0. The van der Waals surface area contributed by atoms with Crippen LogP contribution in [0.25, 0.3) is 5.78 Å². The van der Waals surface area contributed by atoms with Crippen molar-refractivity contribution in [2.24, 2.45) is 0 Å². The van der Waals surface area contributed by atoms with Gasteiger partial charge in [-0.15, -0.1) is 0 Å². The first-order valence-corrected chi connectivity index (χ1v) is 8.80. The highest BCUT2D eigenvalue weighted by Gasteiger charge is 2.27. The Morgan fingerprint density at radius 1 is 1.12 bits per heavy atom. The Labute approximate surface area is 148 Å². The van der Waals surface area contributed by atoms with E-state index in [9.17, 15) is 0 Å². The van der Waals surface area contributed by atoms with Crippen LogP contribution in [-0.4, -0.2) is 45.3 Å². The minimum Gasteiger partial charge on any atom is -0.365 e. The Kier molecular flexibility index (Phi) is 3.82. The van der Waals surface area contributed by atoms with Crippen LogP contribution in [-0.2, 0) is 0 Å². The van der Waals surface area contributed by atoms with Gasteiger partial charge in [-0.3, -0.25) is 0 Å². The van der Waals surface area contributed by atoms with Gasteiger partial charge < -0.3 is 9.80 Å². The fourth-order valence-electron chi connectivity index (χ4n) is 3.73. The fourth-order valence-corrected chi connectivity index (χ4v) is 3.73. The number of anilines is 2. The lowest BCUT2D eigenvalue weighted by Crippen LogP contribution is -2.53. The maximum Gasteiger partial charge on any atom is 0.254 e. The standard InChI is InChI=1S/C19H24N6/c1-13-6-5-7-17(10-13)24-9-8-23(11-14(24)2)18-15(3)16(4)22-19-20-12-21-25(18)19/h5-7,10,12,14H,8-9,11H2,1-4H3/t14-/m0/s1. The highest BCUT2D eigenvalue weighted by Crippen LogP contribution is 2.27. The zero-order chi connectivity index (χ0) is 17.6. The van der Waals surface area contributed by atoms with Crippen molar-refractivity contribution in [2.75, 3.05) is 29.4 Å². The second kappa shape index (κ2) is 6.02. The molecule has 2 aromatic heterocycles. The third kappa shape index (κ3) is 2.71. The van der Waals surface area contributed by atoms with Gasteiger partial charge in [-0.1, -0.05) is 12.1 Å². The van der Waals surface area contributed by atoms with Crippen LogP contribution in [0.4, 0.5) is 11.5 Å². The topological polar surface area (TPSA) is 49.6 Å². The lowest BCUT2D eigenvalue weighted by Gasteiger charge is -2.42. The first-order valence-electron chi connectivity index (χ1n) is 8.80. The number of aryl methyl sites for hydroxylation is 2. The van der Waals surface area contributed by atoms with Gasteiger partial charge >= 0.3 is 0 Å². The molecule has 0 saturated carbocycles. The van der Waals surface area contributed by atoms with Gasteiger partial charge in [0.2, 0.25) is 0 Å². The summed E-state index contributed by atoms with van der Waals surface area (Å²) in [5, 5.41) is 4.40. The van der Waals surface area contributed by atoms with Gasteiger partial charge in [0.15, 0.2) is 0 Å². The van der Waals surface area contributed by atoms with Crippen molar-refractivity contribution in [3.05, 3.63) is 47.4 Å². The summed E-state index contributed by atoms with van der Waals surface area (Å²) in [5.41, 5.74) is 4.80. The average Bonchev–Trinajstić information content (AvgIpc) is 3.03. The lowest BCUT2D eigenvalue weighted by molar-refractivity contribution is 0.542. The average molecular weight is 336 g/mol. The van der Waals surface area contributed by atoms with Crippen molar-refractivity contribution in [3.63, 3.8) is 0 Å². The molecule has 1 atom stereocenters. The minimum atomic E-state index is 0.419. The highest BCUT2D eigenvalue weighted by atomic mass is 15.4. The van der Waals surface area contributed by atoms with E-state index in [0.717, 1.165) is 31.1 Å². The van der Waals surface area contributed by atoms with Crippen molar-refractivity contribution in [3.8, 4) is 0 Å². The normalized spacial score (nSPS) is 18.2. The molecular formula is C19H24N6. The van der Waals surface area contributed by atoms with E-state index in [4.69, 9.17) is 0 Å². The molecule has 1 aliphatic rings. The number of rotatable bonds is 2. The van der Waals surface area contributed by atoms with E-state index in [0.29, 0.717) is 11.8 Å². The van der Waals surface area contributed by atoms with Crippen LogP contribution in [0, 0.1) is 20.8 Å². The SMILES string of the molecule is Cc1cccc(N2CCN(c3c(C)c(C)nc4ncnn34)C[C@@H]2C)c1. The lowest BCUT2D eigenvalue weighted by atomic mass is 10.1. The number of benzene rings is 1. The Morgan fingerprint density at radius 2 is 1.96 bits per heavy atom. The van der Waals surface area contributed by atoms with Crippen LogP contribution in [0.3, 0.4) is 0 Å². The van der Waals surface area contributed by atoms with Crippen LogP contribution in [0.5, 0.6) is 0 Å². The van der Waals surface area contributed by atoms with Gasteiger partial charge in [-0.05, 0) is 45.4 Å². The van der Waals surface area contributed by atoms with Gasteiger partial charge in [-0.25, -0.2) is 4.98 Å². The molecule has 1 aromatic carbocycles. The number of fused-ring (bicyclic) bond motifs is 1. The van der Waals surface area contributed by atoms with E-state index in [1.807, 2.05) is 11.4 Å². The van der Waals surface area contributed by atoms with E-state index in [2.05, 4.69) is 69.9 Å². The molecule has 6 nitrogen and oxygen atoms in total. The summed E-state index contributed by atoms with van der Waals surface area (Å²) in [7, 11) is 0. The molecule has 3 aromatic rings. The second-order valence-corrected chi connectivity index (χ2v) is 6.95. The van der Waals surface area contributed by atoms with Crippen LogP contribution >= 0.6 is 0 Å². The largest absolute Gasteiger partial charge is 0.365 e. The van der Waals surface area contributed by atoms with E-state index in [1.54, 1.807) is 6.33 Å². The summed E-state index contributed by atoms with van der Waals surface area (Å²) < 4.78 is 1.87. The van der Waals surface area contributed by atoms with E-state index >= 15 is 0 Å². The molecule has 0 N–H and O–H groups in total. The van der Waals surface area contributed by atoms with Crippen LogP contribution in [0.1, 0.15) is 23.7 Å². The van der Waals surface area contributed by atoms with E-state index < -0.39 is 0 Å². The molecule has 1 saturated heterocycles. The van der Waals surface area contributed by atoms with Crippen molar-refractivity contribution >= 4 is 17.3 Å². The molecule has 0 amide bonds. The molecule has 0 spiro atoms.